The Morgan fingerprint density at radius 3 is 2.43 bits per heavy atom. The van der Waals surface area contributed by atoms with Crippen LogP contribution in [0.5, 0.6) is 0 Å². The van der Waals surface area contributed by atoms with E-state index in [0.717, 1.165) is 41.3 Å². The molecule has 0 saturated carbocycles. The number of rotatable bonds is 8. The fourth-order valence-corrected chi connectivity index (χ4v) is 4.90. The van der Waals surface area contributed by atoms with Gasteiger partial charge in [0.05, 0.1) is 17.0 Å². The number of aryl methyl sites for hydroxylation is 3. The molecule has 0 aliphatic rings. The topological polar surface area (TPSA) is 83.0 Å². The molecule has 0 aliphatic heterocycles. The van der Waals surface area contributed by atoms with Crippen LogP contribution in [-0.2, 0) is 4.79 Å². The van der Waals surface area contributed by atoms with Gasteiger partial charge in [0.1, 0.15) is 5.52 Å². The number of thioether (sulfide) groups is 1. The highest BCUT2D eigenvalue weighted by molar-refractivity contribution is 7.99. The largest absolute Gasteiger partial charge is 0.372 e. The zero-order valence-corrected chi connectivity index (χ0v) is 21.6. The minimum absolute atomic E-state index is 0.129. The summed E-state index contributed by atoms with van der Waals surface area (Å²) in [6.07, 6.45) is 0. The average molecular weight is 490 g/mol. The van der Waals surface area contributed by atoms with E-state index in [2.05, 4.69) is 35.1 Å². The third-order valence-corrected chi connectivity index (χ3v) is 6.93. The summed E-state index contributed by atoms with van der Waals surface area (Å²) in [4.78, 5) is 36.3. The summed E-state index contributed by atoms with van der Waals surface area (Å²) in [6, 6.07) is 15.6. The maximum Gasteiger partial charge on any atom is 0.283 e. The second kappa shape index (κ2) is 10.4. The van der Waals surface area contributed by atoms with Crippen molar-refractivity contribution in [3.63, 3.8) is 0 Å². The van der Waals surface area contributed by atoms with Gasteiger partial charge in [0.2, 0.25) is 5.91 Å². The van der Waals surface area contributed by atoms with Gasteiger partial charge in [0.25, 0.3) is 5.56 Å². The molecule has 4 aromatic rings. The number of fused-ring (bicyclic) bond motifs is 1. The Labute approximate surface area is 209 Å². The number of aromatic amines is 1. The van der Waals surface area contributed by atoms with E-state index in [4.69, 9.17) is 4.98 Å². The molecule has 2 aromatic heterocycles. The number of carbonyl (C=O) groups excluding carboxylic acids is 1. The number of hydrogen-bond donors (Lipinski definition) is 2. The van der Waals surface area contributed by atoms with Crippen molar-refractivity contribution in [1.82, 2.24) is 14.5 Å². The van der Waals surface area contributed by atoms with Gasteiger partial charge in [0, 0.05) is 30.2 Å². The van der Waals surface area contributed by atoms with Gasteiger partial charge < -0.3 is 15.2 Å². The van der Waals surface area contributed by atoms with Crippen molar-refractivity contribution in [3.05, 3.63) is 75.7 Å². The Hall–Kier alpha value is -3.52. The highest BCUT2D eigenvalue weighted by atomic mass is 32.2. The molecule has 2 aromatic carbocycles. The predicted molar refractivity (Wildman–Crippen MR) is 145 cm³/mol. The van der Waals surface area contributed by atoms with Crippen LogP contribution in [0.2, 0.25) is 0 Å². The molecule has 35 heavy (non-hydrogen) atoms. The second-order valence-electron chi connectivity index (χ2n) is 8.59. The third kappa shape index (κ3) is 5.27. The van der Waals surface area contributed by atoms with Crippen molar-refractivity contribution in [2.24, 2.45) is 0 Å². The number of H-pyrrole nitrogens is 1. The lowest BCUT2D eigenvalue weighted by molar-refractivity contribution is -0.113. The zero-order chi connectivity index (χ0) is 25.1. The van der Waals surface area contributed by atoms with Crippen LogP contribution in [0.4, 0.5) is 11.4 Å². The monoisotopic (exact) mass is 489 g/mol. The average Bonchev–Trinajstić information content (AvgIpc) is 3.22. The smallest absolute Gasteiger partial charge is 0.283 e. The van der Waals surface area contributed by atoms with Crippen LogP contribution in [0, 0.1) is 20.8 Å². The molecule has 1 amide bonds. The Morgan fingerprint density at radius 2 is 1.77 bits per heavy atom. The van der Waals surface area contributed by atoms with Crippen LogP contribution in [0.1, 0.15) is 30.7 Å². The molecule has 0 radical (unpaired) electrons. The van der Waals surface area contributed by atoms with Crippen LogP contribution in [-0.4, -0.2) is 39.3 Å². The molecule has 2 N–H and O–H groups in total. The molecule has 0 saturated heterocycles. The molecule has 8 heteroatoms. The minimum Gasteiger partial charge on any atom is -0.372 e. The molecular formula is C27H31N5O2S. The van der Waals surface area contributed by atoms with E-state index in [1.54, 1.807) is 4.57 Å². The Bertz CT molecular complexity index is 1420. The fraction of sp³-hybridized carbons (Fsp3) is 0.296. The van der Waals surface area contributed by atoms with Crippen LogP contribution >= 0.6 is 11.8 Å². The van der Waals surface area contributed by atoms with Gasteiger partial charge in [-0.05, 0) is 76.6 Å². The van der Waals surface area contributed by atoms with E-state index in [-0.39, 0.29) is 17.2 Å². The van der Waals surface area contributed by atoms with Gasteiger partial charge in [-0.3, -0.25) is 14.2 Å². The first-order valence-corrected chi connectivity index (χ1v) is 12.8. The molecule has 0 spiro atoms. The van der Waals surface area contributed by atoms with Crippen molar-refractivity contribution in [2.75, 3.05) is 29.1 Å². The fourth-order valence-electron chi connectivity index (χ4n) is 4.09. The molecule has 7 nitrogen and oxygen atoms in total. The van der Waals surface area contributed by atoms with Crippen molar-refractivity contribution < 1.29 is 4.79 Å². The SMILES string of the molecule is CCN(CC)c1ccc(NC(=O)CSc2nc3cc(C)[nH]c3c(=O)n2-c2ccc(C)cc2)c(C)c1. The van der Waals surface area contributed by atoms with E-state index >= 15 is 0 Å². The molecule has 0 bridgehead atoms. The van der Waals surface area contributed by atoms with Gasteiger partial charge in [-0.25, -0.2) is 4.98 Å². The number of hydrogen-bond acceptors (Lipinski definition) is 5. The predicted octanol–water partition coefficient (Wildman–Crippen LogP) is 5.22. The van der Waals surface area contributed by atoms with Crippen molar-refractivity contribution in [2.45, 2.75) is 39.8 Å². The lowest BCUT2D eigenvalue weighted by Crippen LogP contribution is -2.23. The van der Waals surface area contributed by atoms with Gasteiger partial charge in [-0.2, -0.15) is 0 Å². The summed E-state index contributed by atoms with van der Waals surface area (Å²) in [6.45, 7) is 12.0. The standard InChI is InChI=1S/C27H31N5O2S/c1-6-31(7-2)21-12-13-22(18(4)14-21)29-24(33)16-35-27-30-23-15-19(5)28-25(23)26(34)32(27)20-10-8-17(3)9-11-20/h8-15,28H,6-7,16H2,1-5H3,(H,29,33). The molecule has 2 heterocycles. The van der Waals surface area contributed by atoms with Crippen molar-refractivity contribution in [3.8, 4) is 5.69 Å². The van der Waals surface area contributed by atoms with Crippen LogP contribution < -0.4 is 15.8 Å². The van der Waals surface area contributed by atoms with E-state index in [1.807, 2.05) is 63.2 Å². The van der Waals surface area contributed by atoms with Crippen LogP contribution in [0.25, 0.3) is 16.7 Å². The lowest BCUT2D eigenvalue weighted by Gasteiger charge is -2.22. The molecule has 0 atom stereocenters. The number of nitrogens with one attached hydrogen (secondary N) is 2. The quantitative estimate of drug-likeness (QED) is 0.262. The van der Waals surface area contributed by atoms with Crippen molar-refractivity contribution >= 4 is 40.1 Å². The molecule has 0 fully saturated rings. The third-order valence-electron chi connectivity index (χ3n) is 5.99. The number of amides is 1. The number of carbonyl (C=O) groups is 1. The summed E-state index contributed by atoms with van der Waals surface area (Å²) in [5, 5.41) is 3.49. The van der Waals surface area contributed by atoms with Gasteiger partial charge >= 0.3 is 0 Å². The number of anilines is 2. The Balaban J connectivity index is 1.58. The summed E-state index contributed by atoms with van der Waals surface area (Å²) in [5.74, 6) is -0.0199. The Morgan fingerprint density at radius 1 is 1.06 bits per heavy atom. The van der Waals surface area contributed by atoms with E-state index in [9.17, 15) is 9.59 Å². The highest BCUT2D eigenvalue weighted by Gasteiger charge is 2.17. The van der Waals surface area contributed by atoms with Crippen LogP contribution in [0.3, 0.4) is 0 Å². The van der Waals surface area contributed by atoms with Gasteiger partial charge in [0.15, 0.2) is 5.16 Å². The first-order chi connectivity index (χ1) is 16.8. The van der Waals surface area contributed by atoms with E-state index in [0.29, 0.717) is 21.9 Å². The molecular weight excluding hydrogens is 458 g/mol. The second-order valence-corrected chi connectivity index (χ2v) is 9.53. The number of aromatic nitrogens is 3. The van der Waals surface area contributed by atoms with Gasteiger partial charge in [-0.15, -0.1) is 0 Å². The van der Waals surface area contributed by atoms with E-state index in [1.165, 1.54) is 11.8 Å². The molecule has 0 unspecified atom stereocenters. The number of nitrogens with zero attached hydrogens (tertiary/aromatic N) is 3. The summed E-state index contributed by atoms with van der Waals surface area (Å²) < 4.78 is 1.57. The van der Waals surface area contributed by atoms with Crippen LogP contribution in [0.15, 0.2) is 58.5 Å². The normalized spacial score (nSPS) is 11.1. The zero-order valence-electron chi connectivity index (χ0n) is 20.8. The maximum absolute atomic E-state index is 13.3. The lowest BCUT2D eigenvalue weighted by atomic mass is 10.1. The highest BCUT2D eigenvalue weighted by Crippen LogP contribution is 2.25. The molecule has 182 valence electrons. The molecule has 0 aliphatic carbocycles. The van der Waals surface area contributed by atoms with Crippen molar-refractivity contribution in [1.29, 1.82) is 0 Å². The summed E-state index contributed by atoms with van der Waals surface area (Å²) in [5.41, 5.74) is 6.49. The summed E-state index contributed by atoms with van der Waals surface area (Å²) in [7, 11) is 0. The Kier molecular flexibility index (Phi) is 7.31. The first kappa shape index (κ1) is 24.6. The summed E-state index contributed by atoms with van der Waals surface area (Å²) >= 11 is 1.25. The van der Waals surface area contributed by atoms with Gasteiger partial charge in [-0.1, -0.05) is 29.5 Å². The maximum atomic E-state index is 13.3. The molecule has 4 rings (SSSR count). The minimum atomic E-state index is -0.183. The first-order valence-electron chi connectivity index (χ1n) is 11.8. The van der Waals surface area contributed by atoms with E-state index < -0.39 is 0 Å². The number of benzene rings is 2.